The van der Waals surface area contributed by atoms with Crippen LogP contribution >= 0.6 is 24.6 Å². The molecule has 0 amide bonds. The molecule has 0 aromatic heterocycles. The van der Waals surface area contributed by atoms with E-state index in [1.807, 2.05) is 6.07 Å². The number of benzene rings is 2. The molecule has 3 nitrogen and oxygen atoms in total. The number of hydrogen-bond donors (Lipinski definition) is 0. The van der Waals surface area contributed by atoms with E-state index in [0.29, 0.717) is 16.9 Å². The molecular formula is C13H8BrO3P. The molecule has 90 valence electrons. The SMILES string of the molecule is O=POc1cccc(C(=O)c2cccc(Br)c2)c1. The molecule has 0 unspecified atom stereocenters. The molecule has 0 aliphatic rings. The van der Waals surface area contributed by atoms with Crippen LogP contribution in [0.15, 0.2) is 53.0 Å². The van der Waals surface area contributed by atoms with E-state index in [2.05, 4.69) is 15.9 Å². The van der Waals surface area contributed by atoms with Gasteiger partial charge in [-0.05, 0) is 24.3 Å². The molecule has 0 radical (unpaired) electrons. The van der Waals surface area contributed by atoms with Gasteiger partial charge in [0.1, 0.15) is 5.75 Å². The fourth-order valence-electron chi connectivity index (χ4n) is 1.53. The lowest BCUT2D eigenvalue weighted by Gasteiger charge is -2.03. The predicted molar refractivity (Wildman–Crippen MR) is 72.3 cm³/mol. The Morgan fingerprint density at radius 2 is 1.72 bits per heavy atom. The third-order valence-corrected chi connectivity index (χ3v) is 3.10. The van der Waals surface area contributed by atoms with Gasteiger partial charge in [0, 0.05) is 15.6 Å². The fourth-order valence-corrected chi connectivity index (χ4v) is 2.13. The molecule has 18 heavy (non-hydrogen) atoms. The van der Waals surface area contributed by atoms with Crippen molar-refractivity contribution in [2.75, 3.05) is 0 Å². The Morgan fingerprint density at radius 1 is 1.06 bits per heavy atom. The Labute approximate surface area is 114 Å². The number of ketones is 1. The normalized spacial score (nSPS) is 10.3. The average molecular weight is 323 g/mol. The highest BCUT2D eigenvalue weighted by molar-refractivity contribution is 9.10. The largest absolute Gasteiger partial charge is 0.408 e. The van der Waals surface area contributed by atoms with Crippen LogP contribution in [0.2, 0.25) is 0 Å². The topological polar surface area (TPSA) is 43.4 Å². The van der Waals surface area contributed by atoms with Crippen molar-refractivity contribution in [1.82, 2.24) is 0 Å². The van der Waals surface area contributed by atoms with Crippen molar-refractivity contribution in [2.45, 2.75) is 0 Å². The van der Waals surface area contributed by atoms with Gasteiger partial charge in [0.25, 0.3) is 0 Å². The van der Waals surface area contributed by atoms with Crippen LogP contribution in [-0.4, -0.2) is 5.78 Å². The zero-order valence-electron chi connectivity index (χ0n) is 9.17. The van der Waals surface area contributed by atoms with Gasteiger partial charge in [0.05, 0.1) is 0 Å². The molecule has 5 heteroatoms. The highest BCUT2D eigenvalue weighted by Crippen LogP contribution is 2.20. The van der Waals surface area contributed by atoms with Crippen LogP contribution in [0.25, 0.3) is 0 Å². The Morgan fingerprint density at radius 3 is 2.39 bits per heavy atom. The van der Waals surface area contributed by atoms with Gasteiger partial charge >= 0.3 is 8.69 Å². The minimum Gasteiger partial charge on any atom is -0.408 e. The van der Waals surface area contributed by atoms with Crippen LogP contribution in [0.5, 0.6) is 5.75 Å². The molecule has 0 spiro atoms. The molecule has 0 bridgehead atoms. The Bertz CT molecular complexity index is 598. The third kappa shape index (κ3) is 3.03. The standard InChI is InChI=1S/C13H8BrO3P/c14-11-5-1-3-9(7-11)13(15)10-4-2-6-12(8-10)17-18-16/h1-8H. The Hall–Kier alpha value is -1.51. The minimum atomic E-state index is -0.437. The molecule has 2 rings (SSSR count). The van der Waals surface area contributed by atoms with Crippen LogP contribution in [-0.2, 0) is 4.57 Å². The predicted octanol–water partition coefficient (Wildman–Crippen LogP) is 4.27. The van der Waals surface area contributed by atoms with E-state index in [1.54, 1.807) is 42.5 Å². The van der Waals surface area contributed by atoms with Crippen LogP contribution in [0.1, 0.15) is 15.9 Å². The first-order valence-electron chi connectivity index (χ1n) is 5.11. The van der Waals surface area contributed by atoms with Gasteiger partial charge in [-0.3, -0.25) is 4.79 Å². The molecule has 0 saturated carbocycles. The van der Waals surface area contributed by atoms with Crippen molar-refractivity contribution in [2.24, 2.45) is 0 Å². The first-order chi connectivity index (χ1) is 8.70. The van der Waals surface area contributed by atoms with Crippen molar-refractivity contribution < 1.29 is 13.9 Å². The van der Waals surface area contributed by atoms with Gasteiger partial charge in [-0.15, -0.1) is 0 Å². The van der Waals surface area contributed by atoms with Crippen LogP contribution in [0.4, 0.5) is 0 Å². The number of halogens is 1. The van der Waals surface area contributed by atoms with Crippen LogP contribution in [0.3, 0.4) is 0 Å². The molecule has 2 aromatic carbocycles. The quantitative estimate of drug-likeness (QED) is 0.623. The van der Waals surface area contributed by atoms with Crippen LogP contribution < -0.4 is 4.52 Å². The Kier molecular flexibility index (Phi) is 4.24. The van der Waals surface area contributed by atoms with Crippen molar-refractivity contribution in [3.63, 3.8) is 0 Å². The van der Waals surface area contributed by atoms with Gasteiger partial charge in [-0.1, -0.05) is 40.2 Å². The minimum absolute atomic E-state index is 0.107. The lowest BCUT2D eigenvalue weighted by molar-refractivity contribution is 0.103. The summed E-state index contributed by atoms with van der Waals surface area (Å²) in [6.45, 7) is 0. The molecule has 0 fully saturated rings. The zero-order chi connectivity index (χ0) is 13.0. The van der Waals surface area contributed by atoms with E-state index < -0.39 is 8.69 Å². The average Bonchev–Trinajstić information content (AvgIpc) is 2.39. The fraction of sp³-hybridized carbons (Fsp3) is 0. The monoisotopic (exact) mass is 322 g/mol. The van der Waals surface area contributed by atoms with Gasteiger partial charge in [0.15, 0.2) is 5.78 Å². The van der Waals surface area contributed by atoms with E-state index in [-0.39, 0.29) is 5.78 Å². The van der Waals surface area contributed by atoms with Crippen molar-refractivity contribution in [3.8, 4) is 5.75 Å². The van der Waals surface area contributed by atoms with E-state index >= 15 is 0 Å². The first-order valence-corrected chi connectivity index (χ1v) is 6.63. The molecule has 0 aliphatic heterocycles. The summed E-state index contributed by atoms with van der Waals surface area (Å²) in [5.41, 5.74) is 1.08. The molecule has 0 atom stereocenters. The van der Waals surface area contributed by atoms with E-state index in [9.17, 15) is 9.36 Å². The summed E-state index contributed by atoms with van der Waals surface area (Å²) >= 11 is 3.32. The maximum Gasteiger partial charge on any atom is 0.395 e. The first kappa shape index (κ1) is 12.9. The smallest absolute Gasteiger partial charge is 0.395 e. The second-order valence-electron chi connectivity index (χ2n) is 3.53. The number of carbonyl (C=O) groups is 1. The number of hydrogen-bond acceptors (Lipinski definition) is 3. The second-order valence-corrected chi connectivity index (χ2v) is 4.78. The lowest BCUT2D eigenvalue weighted by Crippen LogP contribution is -2.00. The summed E-state index contributed by atoms with van der Waals surface area (Å²) in [4.78, 5) is 12.2. The number of carbonyl (C=O) groups excluding carboxylic acids is 1. The lowest BCUT2D eigenvalue weighted by atomic mass is 10.0. The van der Waals surface area contributed by atoms with Crippen molar-refractivity contribution in [3.05, 3.63) is 64.1 Å². The molecule has 0 aliphatic carbocycles. The summed E-state index contributed by atoms with van der Waals surface area (Å²) in [6, 6.07) is 13.7. The zero-order valence-corrected chi connectivity index (χ0v) is 11.6. The summed E-state index contributed by atoms with van der Waals surface area (Å²) in [5, 5.41) is 0. The second kappa shape index (κ2) is 5.89. The Balaban J connectivity index is 2.33. The highest BCUT2D eigenvalue weighted by atomic mass is 79.9. The molecule has 2 aromatic rings. The van der Waals surface area contributed by atoms with E-state index in [1.165, 1.54) is 0 Å². The number of rotatable bonds is 4. The highest BCUT2D eigenvalue weighted by Gasteiger charge is 2.10. The van der Waals surface area contributed by atoms with Crippen molar-refractivity contribution in [1.29, 1.82) is 0 Å². The van der Waals surface area contributed by atoms with Gasteiger partial charge in [-0.2, -0.15) is 0 Å². The summed E-state index contributed by atoms with van der Waals surface area (Å²) in [5.74, 6) is 0.289. The summed E-state index contributed by atoms with van der Waals surface area (Å²) in [6.07, 6.45) is 0. The van der Waals surface area contributed by atoms with Crippen LogP contribution in [0, 0.1) is 0 Å². The van der Waals surface area contributed by atoms with Crippen molar-refractivity contribution >= 4 is 30.4 Å². The molecule has 0 N–H and O–H groups in total. The van der Waals surface area contributed by atoms with E-state index in [4.69, 9.17) is 4.52 Å². The third-order valence-electron chi connectivity index (χ3n) is 2.33. The maximum atomic E-state index is 12.2. The summed E-state index contributed by atoms with van der Waals surface area (Å²) < 4.78 is 16.0. The van der Waals surface area contributed by atoms with Gasteiger partial charge in [-0.25, -0.2) is 4.57 Å². The molecule has 0 heterocycles. The molecule has 0 saturated heterocycles. The summed E-state index contributed by atoms with van der Waals surface area (Å²) in [7, 11) is -0.437. The van der Waals surface area contributed by atoms with Gasteiger partial charge in [0.2, 0.25) is 0 Å². The maximum absolute atomic E-state index is 12.2. The van der Waals surface area contributed by atoms with Gasteiger partial charge < -0.3 is 4.52 Å². The van der Waals surface area contributed by atoms with E-state index in [0.717, 1.165) is 4.47 Å². The molecular weight excluding hydrogens is 315 g/mol.